The molecule has 1 aromatic carbocycles. The van der Waals surface area contributed by atoms with Crippen molar-refractivity contribution in [1.29, 1.82) is 0 Å². The lowest BCUT2D eigenvalue weighted by Gasteiger charge is -2.04. The molecule has 17 heavy (non-hydrogen) atoms. The summed E-state index contributed by atoms with van der Waals surface area (Å²) in [5.74, 6) is 0. The maximum Gasteiger partial charge on any atom is 0.0982 e. The van der Waals surface area contributed by atoms with E-state index in [1.54, 1.807) is 10.7 Å². The fourth-order valence-corrected chi connectivity index (χ4v) is 2.26. The van der Waals surface area contributed by atoms with E-state index in [1.807, 2.05) is 32.4 Å². The largest absolute Gasteiger partial charge is 0.316 e. The zero-order chi connectivity index (χ0) is 12.4. The highest BCUT2D eigenvalue weighted by molar-refractivity contribution is 6.36. The molecular weight excluding hydrogens is 257 g/mol. The molecule has 90 valence electrons. The number of hydrogen-bond acceptors (Lipinski definition) is 2. The van der Waals surface area contributed by atoms with Crippen molar-refractivity contribution in [2.75, 3.05) is 7.05 Å². The van der Waals surface area contributed by atoms with Crippen LogP contribution in [0.5, 0.6) is 0 Å². The molecule has 0 spiro atoms. The summed E-state index contributed by atoms with van der Waals surface area (Å²) in [6.45, 7) is 0.752. The Hall–Kier alpha value is -1.03. The van der Waals surface area contributed by atoms with Crippen LogP contribution in [0, 0.1) is 0 Å². The van der Waals surface area contributed by atoms with Gasteiger partial charge in [-0.1, -0.05) is 23.2 Å². The minimum Gasteiger partial charge on any atom is -0.316 e. The van der Waals surface area contributed by atoms with E-state index >= 15 is 0 Å². The molecule has 0 fully saturated rings. The highest BCUT2D eigenvalue weighted by Gasteiger charge is 2.12. The molecule has 0 bridgehead atoms. The summed E-state index contributed by atoms with van der Waals surface area (Å²) in [4.78, 5) is 0. The Morgan fingerprint density at radius 1 is 1.35 bits per heavy atom. The van der Waals surface area contributed by atoms with Crippen LogP contribution in [0.1, 0.15) is 5.56 Å². The molecule has 0 aliphatic rings. The Balaban J connectivity index is 2.51. The van der Waals surface area contributed by atoms with Crippen LogP contribution in [-0.2, 0) is 13.6 Å². The second-order valence-corrected chi connectivity index (χ2v) is 4.67. The van der Waals surface area contributed by atoms with Gasteiger partial charge in [-0.3, -0.25) is 4.68 Å². The third-order valence-corrected chi connectivity index (χ3v) is 3.01. The van der Waals surface area contributed by atoms with Gasteiger partial charge in [-0.25, -0.2) is 0 Å². The lowest BCUT2D eigenvalue weighted by molar-refractivity contribution is 0.765. The first-order valence-corrected chi connectivity index (χ1v) is 6.00. The van der Waals surface area contributed by atoms with Gasteiger partial charge in [0.05, 0.1) is 10.7 Å². The van der Waals surface area contributed by atoms with Crippen LogP contribution in [0.4, 0.5) is 0 Å². The third kappa shape index (κ3) is 2.63. The molecule has 2 aromatic rings. The molecule has 2 rings (SSSR count). The van der Waals surface area contributed by atoms with Crippen molar-refractivity contribution in [3.8, 4) is 11.3 Å². The zero-order valence-corrected chi connectivity index (χ0v) is 11.2. The molecule has 1 N–H and O–H groups in total. The van der Waals surface area contributed by atoms with Crippen molar-refractivity contribution in [3.63, 3.8) is 0 Å². The fraction of sp³-hybridized carbons (Fsp3) is 0.250. The van der Waals surface area contributed by atoms with Gasteiger partial charge in [-0.2, -0.15) is 5.10 Å². The van der Waals surface area contributed by atoms with E-state index in [0.717, 1.165) is 23.4 Å². The molecule has 1 aromatic heterocycles. The van der Waals surface area contributed by atoms with Gasteiger partial charge in [0.15, 0.2) is 0 Å². The van der Waals surface area contributed by atoms with Crippen LogP contribution in [-0.4, -0.2) is 16.8 Å². The van der Waals surface area contributed by atoms with E-state index in [-0.39, 0.29) is 0 Å². The van der Waals surface area contributed by atoms with Gasteiger partial charge < -0.3 is 5.32 Å². The number of rotatable bonds is 3. The molecule has 1 heterocycles. The van der Waals surface area contributed by atoms with Crippen molar-refractivity contribution < 1.29 is 0 Å². The normalized spacial score (nSPS) is 10.8. The predicted octanol–water partition coefficient (Wildman–Crippen LogP) is 3.11. The number of aromatic nitrogens is 2. The van der Waals surface area contributed by atoms with E-state index in [0.29, 0.717) is 10.0 Å². The lowest BCUT2D eigenvalue weighted by atomic mass is 10.1. The SMILES string of the molecule is CNCc1cn(C)nc1-c1ccc(Cl)cc1Cl. The molecule has 0 saturated heterocycles. The predicted molar refractivity (Wildman–Crippen MR) is 71.4 cm³/mol. The van der Waals surface area contributed by atoms with E-state index in [2.05, 4.69) is 10.4 Å². The van der Waals surface area contributed by atoms with Gasteiger partial charge >= 0.3 is 0 Å². The maximum atomic E-state index is 6.19. The van der Waals surface area contributed by atoms with Crippen molar-refractivity contribution in [2.45, 2.75) is 6.54 Å². The van der Waals surface area contributed by atoms with E-state index in [4.69, 9.17) is 23.2 Å². The molecular formula is C12H13Cl2N3. The fourth-order valence-electron chi connectivity index (χ4n) is 1.77. The minimum absolute atomic E-state index is 0.619. The Bertz CT molecular complexity index is 535. The van der Waals surface area contributed by atoms with Crippen molar-refractivity contribution in [1.82, 2.24) is 15.1 Å². The number of benzene rings is 1. The first-order valence-electron chi connectivity index (χ1n) is 5.24. The van der Waals surface area contributed by atoms with Gasteiger partial charge in [0, 0.05) is 35.9 Å². The number of hydrogen-bond donors (Lipinski definition) is 1. The third-order valence-electron chi connectivity index (χ3n) is 2.46. The maximum absolute atomic E-state index is 6.19. The summed E-state index contributed by atoms with van der Waals surface area (Å²) in [5, 5.41) is 8.80. The van der Waals surface area contributed by atoms with Crippen molar-refractivity contribution in [3.05, 3.63) is 40.0 Å². The Labute approximate surface area is 110 Å². The van der Waals surface area contributed by atoms with Crippen LogP contribution in [0.15, 0.2) is 24.4 Å². The second-order valence-electron chi connectivity index (χ2n) is 3.83. The minimum atomic E-state index is 0.619. The summed E-state index contributed by atoms with van der Waals surface area (Å²) in [7, 11) is 3.80. The molecule has 0 atom stereocenters. The molecule has 5 heteroatoms. The number of nitrogens with one attached hydrogen (secondary N) is 1. The zero-order valence-electron chi connectivity index (χ0n) is 9.67. The Morgan fingerprint density at radius 3 is 2.76 bits per heavy atom. The first-order chi connectivity index (χ1) is 8.11. The Morgan fingerprint density at radius 2 is 2.12 bits per heavy atom. The summed E-state index contributed by atoms with van der Waals surface area (Å²) in [6, 6.07) is 5.45. The Kier molecular flexibility index (Phi) is 3.72. The van der Waals surface area contributed by atoms with Gasteiger partial charge in [-0.15, -0.1) is 0 Å². The van der Waals surface area contributed by atoms with E-state index < -0.39 is 0 Å². The molecule has 0 saturated carbocycles. The van der Waals surface area contributed by atoms with Gasteiger partial charge in [0.1, 0.15) is 0 Å². The average molecular weight is 270 g/mol. The van der Waals surface area contributed by atoms with Crippen molar-refractivity contribution >= 4 is 23.2 Å². The van der Waals surface area contributed by atoms with Crippen LogP contribution in [0.2, 0.25) is 10.0 Å². The van der Waals surface area contributed by atoms with Crippen molar-refractivity contribution in [2.24, 2.45) is 7.05 Å². The smallest absolute Gasteiger partial charge is 0.0982 e. The summed E-state index contributed by atoms with van der Waals surface area (Å²) < 4.78 is 1.78. The van der Waals surface area contributed by atoms with Crippen LogP contribution >= 0.6 is 23.2 Å². The number of aryl methyl sites for hydroxylation is 1. The van der Waals surface area contributed by atoms with Crippen LogP contribution < -0.4 is 5.32 Å². The number of nitrogens with zero attached hydrogens (tertiary/aromatic N) is 2. The lowest BCUT2D eigenvalue weighted by Crippen LogP contribution is -2.05. The number of halogens is 2. The van der Waals surface area contributed by atoms with E-state index in [1.165, 1.54) is 0 Å². The van der Waals surface area contributed by atoms with Crippen LogP contribution in [0.25, 0.3) is 11.3 Å². The molecule has 0 aliphatic heterocycles. The highest BCUT2D eigenvalue weighted by Crippen LogP contribution is 2.31. The van der Waals surface area contributed by atoms with Crippen LogP contribution in [0.3, 0.4) is 0 Å². The quantitative estimate of drug-likeness (QED) is 0.928. The molecule has 3 nitrogen and oxygen atoms in total. The van der Waals surface area contributed by atoms with Gasteiger partial charge in [0.2, 0.25) is 0 Å². The van der Waals surface area contributed by atoms with Gasteiger partial charge in [-0.05, 0) is 25.2 Å². The standard InChI is InChI=1S/C12H13Cl2N3/c1-15-6-8-7-17(2)16-12(8)10-4-3-9(13)5-11(10)14/h3-5,7,15H,6H2,1-2H3. The average Bonchev–Trinajstić information content (AvgIpc) is 2.60. The second kappa shape index (κ2) is 5.08. The highest BCUT2D eigenvalue weighted by atomic mass is 35.5. The summed E-state index contributed by atoms with van der Waals surface area (Å²) in [6.07, 6.45) is 1.98. The summed E-state index contributed by atoms with van der Waals surface area (Å²) >= 11 is 12.1. The summed E-state index contributed by atoms with van der Waals surface area (Å²) in [5.41, 5.74) is 2.91. The molecule has 0 unspecified atom stereocenters. The molecule has 0 radical (unpaired) electrons. The molecule has 0 amide bonds. The topological polar surface area (TPSA) is 29.9 Å². The monoisotopic (exact) mass is 269 g/mol. The van der Waals surface area contributed by atoms with Gasteiger partial charge in [0.25, 0.3) is 0 Å². The molecule has 0 aliphatic carbocycles. The first kappa shape index (κ1) is 12.4. The van der Waals surface area contributed by atoms with E-state index in [9.17, 15) is 0 Å².